The molecule has 158 valence electrons. The predicted octanol–water partition coefficient (Wildman–Crippen LogP) is 4.61. The van der Waals surface area contributed by atoms with Crippen LogP contribution in [0.3, 0.4) is 0 Å². The number of phenols is 1. The number of fused-ring (bicyclic) bond motifs is 2. The number of benzene rings is 2. The summed E-state index contributed by atoms with van der Waals surface area (Å²) < 4.78 is 0. The van der Waals surface area contributed by atoms with Gasteiger partial charge in [-0.3, -0.25) is 0 Å². The van der Waals surface area contributed by atoms with Crippen molar-refractivity contribution in [1.29, 1.82) is 0 Å². The van der Waals surface area contributed by atoms with Crippen molar-refractivity contribution >= 4 is 40.9 Å². The monoisotopic (exact) mass is 447 g/mol. The van der Waals surface area contributed by atoms with Gasteiger partial charge in [0, 0.05) is 34.2 Å². The van der Waals surface area contributed by atoms with Crippen molar-refractivity contribution in [1.82, 2.24) is 4.90 Å². The molecule has 1 heterocycles. The first kappa shape index (κ1) is 23.5. The maximum atomic E-state index is 10.3. The molecule has 2 aromatic rings. The molecule has 0 bridgehead atoms. The molecule has 1 aliphatic heterocycles. The number of hydrogen-bond acceptors (Lipinski definition) is 5. The minimum atomic E-state index is -1.26. The molecular formula is C22H22ClNO5S. The van der Waals surface area contributed by atoms with E-state index in [1.54, 1.807) is 17.8 Å². The van der Waals surface area contributed by atoms with Gasteiger partial charge in [-0.05, 0) is 49.9 Å². The van der Waals surface area contributed by atoms with E-state index in [1.807, 2.05) is 12.1 Å². The van der Waals surface area contributed by atoms with E-state index >= 15 is 0 Å². The van der Waals surface area contributed by atoms with Crippen LogP contribution in [0.15, 0.2) is 64.4 Å². The smallest absolute Gasteiger partial charge is 0.328 e. The lowest BCUT2D eigenvalue weighted by Gasteiger charge is -2.23. The molecule has 0 atom stereocenters. The van der Waals surface area contributed by atoms with Gasteiger partial charge in [0.15, 0.2) is 0 Å². The fourth-order valence-corrected chi connectivity index (χ4v) is 4.06. The zero-order chi connectivity index (χ0) is 22.3. The lowest BCUT2D eigenvalue weighted by Crippen LogP contribution is -2.12. The molecule has 30 heavy (non-hydrogen) atoms. The van der Waals surface area contributed by atoms with Crippen molar-refractivity contribution in [3.05, 3.63) is 70.8 Å². The largest absolute Gasteiger partial charge is 0.507 e. The van der Waals surface area contributed by atoms with Crippen molar-refractivity contribution in [3.8, 4) is 5.75 Å². The van der Waals surface area contributed by atoms with E-state index in [-0.39, 0.29) is 5.75 Å². The van der Waals surface area contributed by atoms with Gasteiger partial charge < -0.3 is 20.2 Å². The fraction of sp³-hybridized carbons (Fsp3) is 0.182. The van der Waals surface area contributed by atoms with Gasteiger partial charge in [0.1, 0.15) is 5.75 Å². The Balaban J connectivity index is 0.000000343. The van der Waals surface area contributed by atoms with Gasteiger partial charge in [-0.1, -0.05) is 47.6 Å². The number of carboxylic acid groups (broad SMARTS) is 2. The maximum Gasteiger partial charge on any atom is 0.328 e. The van der Waals surface area contributed by atoms with Crippen LogP contribution in [0.4, 0.5) is 0 Å². The van der Waals surface area contributed by atoms with E-state index in [9.17, 15) is 14.7 Å². The van der Waals surface area contributed by atoms with Crippen LogP contribution < -0.4 is 0 Å². The Bertz CT molecular complexity index is 985. The molecule has 1 aliphatic rings. The SMILES string of the molecule is CN(C)CCC=C1c2ccccc2Sc2c(O)cc(Cl)cc21.O=C(O)/C=C\C(=O)O. The first-order valence-corrected chi connectivity index (χ1v) is 10.2. The number of aliphatic carboxylic acids is 2. The van der Waals surface area contributed by atoms with Crippen molar-refractivity contribution in [3.63, 3.8) is 0 Å². The zero-order valence-electron chi connectivity index (χ0n) is 16.5. The first-order valence-electron chi connectivity index (χ1n) is 8.98. The summed E-state index contributed by atoms with van der Waals surface area (Å²) in [6.07, 6.45) is 4.31. The van der Waals surface area contributed by atoms with Crippen LogP contribution in [0.1, 0.15) is 17.5 Å². The molecule has 8 heteroatoms. The van der Waals surface area contributed by atoms with Crippen LogP contribution in [0, 0.1) is 0 Å². The van der Waals surface area contributed by atoms with E-state index in [4.69, 9.17) is 21.8 Å². The summed E-state index contributed by atoms with van der Waals surface area (Å²) >= 11 is 7.76. The molecule has 0 fully saturated rings. The van der Waals surface area contributed by atoms with Crippen LogP contribution in [-0.2, 0) is 9.59 Å². The van der Waals surface area contributed by atoms with E-state index in [1.165, 1.54) is 10.5 Å². The Morgan fingerprint density at radius 1 is 1.07 bits per heavy atom. The second-order valence-electron chi connectivity index (χ2n) is 6.62. The molecule has 2 aromatic carbocycles. The van der Waals surface area contributed by atoms with Gasteiger partial charge in [-0.25, -0.2) is 9.59 Å². The van der Waals surface area contributed by atoms with Crippen LogP contribution >= 0.6 is 23.4 Å². The second kappa shape index (κ2) is 10.9. The topological polar surface area (TPSA) is 98.1 Å². The normalized spacial score (nSPS) is 13.5. The number of nitrogens with zero attached hydrogens (tertiary/aromatic N) is 1. The predicted molar refractivity (Wildman–Crippen MR) is 118 cm³/mol. The summed E-state index contributed by atoms with van der Waals surface area (Å²) in [5, 5.41) is 26.4. The van der Waals surface area contributed by atoms with E-state index in [0.717, 1.165) is 29.0 Å². The zero-order valence-corrected chi connectivity index (χ0v) is 18.1. The molecule has 0 amide bonds. The third kappa shape index (κ3) is 6.66. The highest BCUT2D eigenvalue weighted by Gasteiger charge is 2.23. The van der Waals surface area contributed by atoms with Crippen molar-refractivity contribution < 1.29 is 24.9 Å². The van der Waals surface area contributed by atoms with Crippen LogP contribution in [0.5, 0.6) is 5.75 Å². The summed E-state index contributed by atoms with van der Waals surface area (Å²) in [6.45, 7) is 0.987. The standard InChI is InChI=1S/C18H18ClNOS.C4H4O4/c1-20(2)9-5-7-13-14-6-3-4-8-17(14)22-18-15(13)10-12(19)11-16(18)21;5-3(6)1-2-4(7)8/h3-4,6-8,10-11,21H,5,9H2,1-2H3;1-2H,(H,5,6)(H,7,8)/b;2-1-. The Hall–Kier alpha value is -2.74. The second-order valence-corrected chi connectivity index (χ2v) is 8.11. The van der Waals surface area contributed by atoms with Crippen LogP contribution in [0.25, 0.3) is 5.57 Å². The van der Waals surface area contributed by atoms with Crippen LogP contribution in [-0.4, -0.2) is 52.8 Å². The molecule has 0 aromatic heterocycles. The molecule has 0 radical (unpaired) electrons. The van der Waals surface area contributed by atoms with E-state index < -0.39 is 11.9 Å². The first-order chi connectivity index (χ1) is 14.2. The van der Waals surface area contributed by atoms with E-state index in [0.29, 0.717) is 17.2 Å². The lowest BCUT2D eigenvalue weighted by molar-refractivity contribution is -0.134. The summed E-state index contributed by atoms with van der Waals surface area (Å²) in [7, 11) is 4.14. The van der Waals surface area contributed by atoms with Gasteiger partial charge in [0.05, 0.1) is 4.90 Å². The Morgan fingerprint density at radius 3 is 2.30 bits per heavy atom. The molecule has 0 saturated heterocycles. The highest BCUT2D eigenvalue weighted by molar-refractivity contribution is 7.99. The summed E-state index contributed by atoms with van der Waals surface area (Å²) in [4.78, 5) is 23.3. The summed E-state index contributed by atoms with van der Waals surface area (Å²) in [5.41, 5.74) is 3.39. The molecule has 0 saturated carbocycles. The number of aromatic hydroxyl groups is 1. The molecular weight excluding hydrogens is 426 g/mol. The van der Waals surface area contributed by atoms with Gasteiger partial charge in [0.2, 0.25) is 0 Å². The van der Waals surface area contributed by atoms with Gasteiger partial charge in [0.25, 0.3) is 0 Å². The van der Waals surface area contributed by atoms with Crippen molar-refractivity contribution in [2.75, 3.05) is 20.6 Å². The third-order valence-electron chi connectivity index (χ3n) is 4.01. The number of carboxylic acids is 2. The van der Waals surface area contributed by atoms with Gasteiger partial charge in [-0.15, -0.1) is 0 Å². The third-order valence-corrected chi connectivity index (χ3v) is 5.43. The van der Waals surface area contributed by atoms with E-state index in [2.05, 4.69) is 43.3 Å². The van der Waals surface area contributed by atoms with Gasteiger partial charge >= 0.3 is 11.9 Å². The number of carbonyl (C=O) groups is 2. The Kier molecular flexibility index (Phi) is 8.53. The molecule has 0 aliphatic carbocycles. The Labute approximate surface area is 184 Å². The van der Waals surface area contributed by atoms with Gasteiger partial charge in [-0.2, -0.15) is 0 Å². The number of halogens is 1. The quantitative estimate of drug-likeness (QED) is 0.491. The average Bonchev–Trinajstić information content (AvgIpc) is 2.67. The minimum Gasteiger partial charge on any atom is -0.507 e. The fourth-order valence-electron chi connectivity index (χ4n) is 2.75. The van der Waals surface area contributed by atoms with Crippen molar-refractivity contribution in [2.24, 2.45) is 0 Å². The van der Waals surface area contributed by atoms with Crippen LogP contribution in [0.2, 0.25) is 5.02 Å². The summed E-state index contributed by atoms with van der Waals surface area (Å²) in [6, 6.07) is 11.9. The minimum absolute atomic E-state index is 0.250. The Morgan fingerprint density at radius 2 is 1.70 bits per heavy atom. The molecule has 3 rings (SSSR count). The highest BCUT2D eigenvalue weighted by Crippen LogP contribution is 2.49. The molecule has 0 unspecified atom stereocenters. The maximum absolute atomic E-state index is 10.3. The average molecular weight is 448 g/mol. The number of hydrogen-bond donors (Lipinski definition) is 3. The number of rotatable bonds is 5. The number of phenolic OH excluding ortho intramolecular Hbond substituents is 1. The molecule has 3 N–H and O–H groups in total. The van der Waals surface area contributed by atoms with Crippen molar-refractivity contribution in [2.45, 2.75) is 16.2 Å². The molecule has 0 spiro atoms. The molecule has 6 nitrogen and oxygen atoms in total. The lowest BCUT2D eigenvalue weighted by atomic mass is 9.95. The highest BCUT2D eigenvalue weighted by atomic mass is 35.5. The summed E-state index contributed by atoms with van der Waals surface area (Å²) in [5.74, 6) is -2.26.